The summed E-state index contributed by atoms with van der Waals surface area (Å²) in [7, 11) is 0. The zero-order valence-corrected chi connectivity index (χ0v) is 16.6. The van der Waals surface area contributed by atoms with Gasteiger partial charge in [-0.1, -0.05) is 18.2 Å². The van der Waals surface area contributed by atoms with E-state index in [4.69, 9.17) is 4.74 Å². The largest absolute Gasteiger partial charge is 0.438 e. The van der Waals surface area contributed by atoms with Crippen LogP contribution in [0, 0.1) is 19.7 Å². The Morgan fingerprint density at radius 2 is 1.90 bits per heavy atom. The fourth-order valence-electron chi connectivity index (χ4n) is 3.23. The van der Waals surface area contributed by atoms with Crippen LogP contribution < -0.4 is 10.1 Å². The number of nitrogens with one attached hydrogen (secondary N) is 1. The minimum absolute atomic E-state index is 0.0447. The molecular weight excluding hydrogens is 369 g/mol. The van der Waals surface area contributed by atoms with E-state index in [0.29, 0.717) is 30.5 Å². The maximum atomic E-state index is 13.4. The second kappa shape index (κ2) is 8.07. The summed E-state index contributed by atoms with van der Waals surface area (Å²) in [6.07, 6.45) is 3.02. The molecule has 29 heavy (non-hydrogen) atoms. The van der Waals surface area contributed by atoms with Gasteiger partial charge in [0.05, 0.1) is 11.4 Å². The molecule has 0 spiro atoms. The van der Waals surface area contributed by atoms with Gasteiger partial charge in [0.1, 0.15) is 11.6 Å². The fourth-order valence-corrected chi connectivity index (χ4v) is 3.23. The van der Waals surface area contributed by atoms with Crippen molar-refractivity contribution >= 4 is 5.91 Å². The first-order valence-electron chi connectivity index (χ1n) is 9.88. The number of carbonyl (C=O) groups excluding carboxylic acids is 1. The molecule has 4 rings (SSSR count). The number of para-hydroxylation sites is 1. The monoisotopic (exact) mass is 393 g/mol. The second-order valence-electron chi connectivity index (χ2n) is 7.47. The van der Waals surface area contributed by atoms with Crippen LogP contribution in [0.1, 0.15) is 36.1 Å². The molecule has 1 saturated carbocycles. The van der Waals surface area contributed by atoms with Crippen molar-refractivity contribution in [2.75, 3.05) is 0 Å². The molecule has 0 unspecified atom stereocenters. The van der Waals surface area contributed by atoms with Gasteiger partial charge in [0, 0.05) is 18.0 Å². The Balaban J connectivity index is 1.67. The van der Waals surface area contributed by atoms with Crippen molar-refractivity contribution < 1.29 is 13.9 Å². The Morgan fingerprint density at radius 3 is 2.59 bits per heavy atom. The van der Waals surface area contributed by atoms with Crippen LogP contribution in [0.4, 0.5) is 4.39 Å². The molecule has 6 heteroatoms. The van der Waals surface area contributed by atoms with E-state index < -0.39 is 0 Å². The highest BCUT2D eigenvalue weighted by molar-refractivity contribution is 5.77. The van der Waals surface area contributed by atoms with E-state index in [1.807, 2.05) is 38.1 Å². The van der Waals surface area contributed by atoms with Crippen molar-refractivity contribution in [1.29, 1.82) is 0 Å². The van der Waals surface area contributed by atoms with Crippen molar-refractivity contribution in [3.8, 4) is 17.3 Å². The first-order valence-corrected chi connectivity index (χ1v) is 9.88. The highest BCUT2D eigenvalue weighted by atomic mass is 19.1. The van der Waals surface area contributed by atoms with Crippen LogP contribution in [-0.2, 0) is 11.2 Å². The highest BCUT2D eigenvalue weighted by Crippen LogP contribution is 2.33. The number of hydrogen-bond donors (Lipinski definition) is 1. The number of benzene rings is 2. The fraction of sp³-hybridized carbons (Fsp3) is 0.304. The van der Waals surface area contributed by atoms with E-state index in [2.05, 4.69) is 10.4 Å². The van der Waals surface area contributed by atoms with E-state index in [1.165, 1.54) is 12.1 Å². The summed E-state index contributed by atoms with van der Waals surface area (Å²) >= 11 is 0. The number of amides is 1. The molecule has 1 heterocycles. The van der Waals surface area contributed by atoms with Gasteiger partial charge in [-0.25, -0.2) is 9.07 Å². The Labute approximate surface area is 169 Å². The standard InChI is InChI=1S/C23H24FN3O2/c1-15-5-3-4-6-21(15)29-23-20(13-14-22(28)25-18-9-10-18)16(2)26-27(23)19-11-7-17(24)8-12-19/h3-8,11-12,18H,9-10,13-14H2,1-2H3,(H,25,28). The summed E-state index contributed by atoms with van der Waals surface area (Å²) < 4.78 is 21.4. The van der Waals surface area contributed by atoms with Crippen LogP contribution in [-0.4, -0.2) is 21.7 Å². The van der Waals surface area contributed by atoms with Crippen LogP contribution in [0.5, 0.6) is 11.6 Å². The molecule has 5 nitrogen and oxygen atoms in total. The third-order valence-corrected chi connectivity index (χ3v) is 5.05. The van der Waals surface area contributed by atoms with Gasteiger partial charge < -0.3 is 10.1 Å². The average Bonchev–Trinajstić information content (AvgIpc) is 3.46. The van der Waals surface area contributed by atoms with Crippen molar-refractivity contribution in [2.24, 2.45) is 0 Å². The quantitative estimate of drug-likeness (QED) is 0.637. The third kappa shape index (κ3) is 4.47. The van der Waals surface area contributed by atoms with Gasteiger partial charge in [-0.3, -0.25) is 4.79 Å². The predicted octanol–water partition coefficient (Wildman–Crippen LogP) is 4.63. The highest BCUT2D eigenvalue weighted by Gasteiger charge is 2.24. The number of ether oxygens (including phenoxy) is 1. The molecule has 1 fully saturated rings. The Morgan fingerprint density at radius 1 is 1.17 bits per heavy atom. The van der Waals surface area contributed by atoms with E-state index in [9.17, 15) is 9.18 Å². The molecular formula is C23H24FN3O2. The summed E-state index contributed by atoms with van der Waals surface area (Å²) in [5.41, 5.74) is 3.36. The van der Waals surface area contributed by atoms with Gasteiger partial charge in [0.25, 0.3) is 0 Å². The summed E-state index contributed by atoms with van der Waals surface area (Å²) in [6.45, 7) is 3.88. The van der Waals surface area contributed by atoms with E-state index >= 15 is 0 Å². The van der Waals surface area contributed by atoms with Crippen molar-refractivity contribution in [2.45, 2.75) is 45.6 Å². The number of aryl methyl sites for hydroxylation is 2. The van der Waals surface area contributed by atoms with Gasteiger partial charge in [-0.15, -0.1) is 0 Å². The smallest absolute Gasteiger partial charge is 0.226 e. The van der Waals surface area contributed by atoms with E-state index in [-0.39, 0.29) is 11.7 Å². The lowest BCUT2D eigenvalue weighted by Crippen LogP contribution is -2.25. The summed E-state index contributed by atoms with van der Waals surface area (Å²) in [5.74, 6) is 1.02. The lowest BCUT2D eigenvalue weighted by molar-refractivity contribution is -0.121. The molecule has 1 aliphatic rings. The molecule has 3 aromatic rings. The molecule has 0 bridgehead atoms. The van der Waals surface area contributed by atoms with E-state index in [1.54, 1.807) is 16.8 Å². The van der Waals surface area contributed by atoms with Crippen LogP contribution in [0.25, 0.3) is 5.69 Å². The zero-order valence-electron chi connectivity index (χ0n) is 16.6. The third-order valence-electron chi connectivity index (χ3n) is 5.05. The molecule has 1 aromatic heterocycles. The molecule has 0 aliphatic heterocycles. The van der Waals surface area contributed by atoms with Gasteiger partial charge in [-0.2, -0.15) is 5.10 Å². The molecule has 1 aliphatic carbocycles. The number of hydrogen-bond acceptors (Lipinski definition) is 3. The SMILES string of the molecule is Cc1ccccc1Oc1c(CCC(=O)NC2CC2)c(C)nn1-c1ccc(F)cc1. The number of rotatable bonds is 7. The average molecular weight is 393 g/mol. The van der Waals surface area contributed by atoms with E-state index in [0.717, 1.165) is 35.4 Å². The second-order valence-corrected chi connectivity index (χ2v) is 7.47. The first kappa shape index (κ1) is 19.2. The molecule has 0 saturated heterocycles. The Kier molecular flexibility index (Phi) is 5.34. The number of aromatic nitrogens is 2. The summed E-state index contributed by atoms with van der Waals surface area (Å²) in [6, 6.07) is 14.2. The molecule has 1 amide bonds. The maximum Gasteiger partial charge on any atom is 0.226 e. The molecule has 1 N–H and O–H groups in total. The molecule has 2 aromatic carbocycles. The van der Waals surface area contributed by atoms with Gasteiger partial charge >= 0.3 is 0 Å². The van der Waals surface area contributed by atoms with Crippen LogP contribution >= 0.6 is 0 Å². The van der Waals surface area contributed by atoms with Gasteiger partial charge in [-0.05, 0) is 69.0 Å². The topological polar surface area (TPSA) is 56.1 Å². The minimum atomic E-state index is -0.309. The zero-order chi connectivity index (χ0) is 20.4. The maximum absolute atomic E-state index is 13.4. The molecule has 150 valence electrons. The summed E-state index contributed by atoms with van der Waals surface area (Å²) in [4.78, 5) is 12.2. The molecule has 0 atom stereocenters. The van der Waals surface area contributed by atoms with Crippen molar-refractivity contribution in [3.63, 3.8) is 0 Å². The van der Waals surface area contributed by atoms with Gasteiger partial charge in [0.2, 0.25) is 11.8 Å². The Hall–Kier alpha value is -3.15. The van der Waals surface area contributed by atoms with Crippen LogP contribution in [0.15, 0.2) is 48.5 Å². The van der Waals surface area contributed by atoms with Crippen molar-refractivity contribution in [3.05, 3.63) is 71.2 Å². The molecule has 0 radical (unpaired) electrons. The normalized spacial score (nSPS) is 13.3. The predicted molar refractivity (Wildman–Crippen MR) is 109 cm³/mol. The first-order chi connectivity index (χ1) is 14.0. The van der Waals surface area contributed by atoms with Crippen LogP contribution in [0.3, 0.4) is 0 Å². The minimum Gasteiger partial charge on any atom is -0.438 e. The van der Waals surface area contributed by atoms with Crippen LogP contribution in [0.2, 0.25) is 0 Å². The summed E-state index contributed by atoms with van der Waals surface area (Å²) in [5, 5.41) is 7.64. The van der Waals surface area contributed by atoms with Crippen molar-refractivity contribution in [1.82, 2.24) is 15.1 Å². The number of nitrogens with zero attached hydrogens (tertiary/aromatic N) is 2. The lowest BCUT2D eigenvalue weighted by Gasteiger charge is -2.13. The lowest BCUT2D eigenvalue weighted by atomic mass is 10.1. The number of halogens is 1. The van der Waals surface area contributed by atoms with Gasteiger partial charge in [0.15, 0.2) is 0 Å². The number of carbonyl (C=O) groups is 1. The Bertz CT molecular complexity index is 1020.